The lowest BCUT2D eigenvalue weighted by Crippen LogP contribution is -2.62. The fraction of sp³-hybridized carbons (Fsp3) is 0.464. The summed E-state index contributed by atoms with van der Waals surface area (Å²) in [6.45, 7) is 5.66. The summed E-state index contributed by atoms with van der Waals surface area (Å²) in [6.07, 6.45) is -3.21. The van der Waals surface area contributed by atoms with E-state index in [2.05, 4.69) is 20.9 Å². The minimum Gasteiger partial charge on any atom is -0.505 e. The Morgan fingerprint density at radius 2 is 1.61 bits per heavy atom. The van der Waals surface area contributed by atoms with E-state index >= 15 is 0 Å². The van der Waals surface area contributed by atoms with E-state index in [1.807, 2.05) is 0 Å². The molecule has 2 heterocycles. The number of carbonyl (C=O) groups is 4. The largest absolute Gasteiger partial charge is 0.505 e. The number of cyclic esters (lactones) is 1. The van der Waals surface area contributed by atoms with Crippen molar-refractivity contribution in [1.82, 2.24) is 20.9 Å². The Morgan fingerprint density at radius 1 is 1.02 bits per heavy atom. The second kappa shape index (κ2) is 14.0. The second-order valence-electron chi connectivity index (χ2n) is 10.5. The van der Waals surface area contributed by atoms with E-state index in [-0.39, 0.29) is 0 Å². The lowest BCUT2D eigenvalue weighted by Gasteiger charge is -2.34. The minimum atomic E-state index is -2.43. The SMILES string of the molecule is CCC(C)C1OC(=O)[C@H](C)[C@H](O)[C@H](Cc2c(F)c(F)c(F)c(F)c2F)NC(=O)[C@@H](NC(=O)c2ncccc2O)[C@@H](C)NC1=O. The van der Waals surface area contributed by atoms with Gasteiger partial charge in [0, 0.05) is 24.1 Å². The highest BCUT2D eigenvalue weighted by Gasteiger charge is 2.41. The number of aliphatic hydroxyl groups excluding tert-OH is 1. The van der Waals surface area contributed by atoms with Gasteiger partial charge in [-0.1, -0.05) is 13.8 Å². The number of carbonyl (C=O) groups excluding carboxylic acids is 4. The van der Waals surface area contributed by atoms with Crippen molar-refractivity contribution in [2.24, 2.45) is 11.8 Å². The third-order valence-electron chi connectivity index (χ3n) is 7.45. The number of pyridine rings is 1. The van der Waals surface area contributed by atoms with Crippen LogP contribution in [0.1, 0.15) is 50.2 Å². The van der Waals surface area contributed by atoms with Crippen molar-refractivity contribution < 1.29 is 56.1 Å². The van der Waals surface area contributed by atoms with Crippen LogP contribution in [-0.2, 0) is 25.5 Å². The highest BCUT2D eigenvalue weighted by Crippen LogP contribution is 2.26. The average Bonchev–Trinajstić information content (AvgIpc) is 2.99. The lowest BCUT2D eigenvalue weighted by molar-refractivity contribution is -0.167. The van der Waals surface area contributed by atoms with Gasteiger partial charge in [-0.25, -0.2) is 26.9 Å². The molecule has 44 heavy (non-hydrogen) atoms. The molecule has 1 saturated heterocycles. The molecule has 1 aliphatic rings. The van der Waals surface area contributed by atoms with E-state index in [0.29, 0.717) is 6.42 Å². The molecule has 2 unspecified atom stereocenters. The third-order valence-corrected chi connectivity index (χ3v) is 7.45. The van der Waals surface area contributed by atoms with Crippen molar-refractivity contribution in [3.63, 3.8) is 0 Å². The Hall–Kier alpha value is -4.34. The van der Waals surface area contributed by atoms with Crippen LogP contribution in [0, 0.1) is 40.9 Å². The monoisotopic (exact) mass is 630 g/mol. The van der Waals surface area contributed by atoms with Gasteiger partial charge in [0.1, 0.15) is 11.8 Å². The van der Waals surface area contributed by atoms with Gasteiger partial charge in [-0.3, -0.25) is 19.2 Å². The van der Waals surface area contributed by atoms with Gasteiger partial charge in [-0.15, -0.1) is 0 Å². The van der Waals surface area contributed by atoms with Crippen LogP contribution in [-0.4, -0.2) is 69.2 Å². The molecular weight excluding hydrogens is 599 g/mol. The van der Waals surface area contributed by atoms with Gasteiger partial charge < -0.3 is 30.9 Å². The number of aliphatic hydroxyl groups is 1. The first-order chi connectivity index (χ1) is 20.6. The first kappa shape index (κ1) is 34.2. The number of ether oxygens (including phenoxy) is 1. The molecule has 1 aromatic heterocycles. The van der Waals surface area contributed by atoms with Crippen molar-refractivity contribution >= 4 is 23.7 Å². The normalized spacial score (nSPS) is 25.5. The molecule has 240 valence electrons. The molecule has 0 radical (unpaired) electrons. The topological polar surface area (TPSA) is 167 Å². The van der Waals surface area contributed by atoms with Gasteiger partial charge in [0.25, 0.3) is 11.8 Å². The van der Waals surface area contributed by atoms with E-state index in [0.717, 1.165) is 13.0 Å². The number of benzene rings is 1. The zero-order valence-corrected chi connectivity index (χ0v) is 24.0. The fourth-order valence-electron chi connectivity index (χ4n) is 4.53. The number of aromatic nitrogens is 1. The summed E-state index contributed by atoms with van der Waals surface area (Å²) in [6, 6.07) is -2.48. The summed E-state index contributed by atoms with van der Waals surface area (Å²) in [7, 11) is 0. The number of esters is 1. The molecule has 1 aromatic carbocycles. The maximum absolute atomic E-state index is 14.6. The molecule has 7 atom stereocenters. The summed E-state index contributed by atoms with van der Waals surface area (Å²) in [5.41, 5.74) is -1.90. The highest BCUT2D eigenvalue weighted by atomic mass is 19.2. The van der Waals surface area contributed by atoms with Crippen LogP contribution < -0.4 is 16.0 Å². The molecule has 1 fully saturated rings. The number of rotatable bonds is 6. The number of hydrogen-bond donors (Lipinski definition) is 5. The number of nitrogens with zero attached hydrogens (tertiary/aromatic N) is 1. The van der Waals surface area contributed by atoms with Crippen molar-refractivity contribution in [2.45, 2.75) is 70.9 Å². The predicted octanol–water partition coefficient (Wildman–Crippen LogP) is 1.78. The third kappa shape index (κ3) is 7.06. The van der Waals surface area contributed by atoms with Gasteiger partial charge in [-0.2, -0.15) is 0 Å². The molecule has 11 nitrogen and oxygen atoms in total. The predicted molar refractivity (Wildman–Crippen MR) is 141 cm³/mol. The van der Waals surface area contributed by atoms with E-state index in [1.165, 1.54) is 19.2 Å². The maximum atomic E-state index is 14.6. The van der Waals surface area contributed by atoms with Crippen LogP contribution in [0.15, 0.2) is 18.3 Å². The number of halogens is 5. The van der Waals surface area contributed by atoms with E-state index in [1.54, 1.807) is 13.8 Å². The van der Waals surface area contributed by atoms with Crippen molar-refractivity contribution in [3.8, 4) is 5.75 Å². The van der Waals surface area contributed by atoms with Crippen LogP contribution in [0.2, 0.25) is 0 Å². The van der Waals surface area contributed by atoms with Crippen LogP contribution in [0.5, 0.6) is 5.75 Å². The molecule has 16 heteroatoms. The number of nitrogens with one attached hydrogen (secondary N) is 3. The van der Waals surface area contributed by atoms with Gasteiger partial charge in [-0.05, 0) is 32.4 Å². The molecule has 5 N–H and O–H groups in total. The number of aromatic hydroxyl groups is 1. The van der Waals surface area contributed by atoms with Crippen molar-refractivity contribution in [2.75, 3.05) is 0 Å². The standard InChI is InChI=1S/C28H31F5N4O7/c1-5-10(2)24-27(42)35-12(4)21(37-26(41)22-15(38)7-6-8-34-22)25(40)36-14(23(39)11(3)28(43)44-24)9-13-16(29)18(31)20(33)19(32)17(13)30/h6-8,10-12,14,21,23-24,38-39H,5,9H2,1-4H3,(H,35,42)(H,36,40)(H,37,41)/t10?,11-,12-,14+,21+,23+,24?/m1/s1. The van der Waals surface area contributed by atoms with E-state index in [9.17, 15) is 51.3 Å². The Bertz CT molecular complexity index is 1420. The minimum absolute atomic E-state index is 0.332. The first-order valence-electron chi connectivity index (χ1n) is 13.5. The molecule has 1 aliphatic heterocycles. The lowest BCUT2D eigenvalue weighted by atomic mass is 9.91. The first-order valence-corrected chi connectivity index (χ1v) is 13.5. The summed E-state index contributed by atoms with van der Waals surface area (Å²) in [5.74, 6) is -18.5. The zero-order valence-electron chi connectivity index (χ0n) is 24.0. The van der Waals surface area contributed by atoms with E-state index in [4.69, 9.17) is 4.74 Å². The Kier molecular flexibility index (Phi) is 10.8. The van der Waals surface area contributed by atoms with Gasteiger partial charge >= 0.3 is 5.97 Å². The van der Waals surface area contributed by atoms with Gasteiger partial charge in [0.2, 0.25) is 11.7 Å². The highest BCUT2D eigenvalue weighted by molar-refractivity contribution is 5.98. The quantitative estimate of drug-likeness (QED) is 0.139. The maximum Gasteiger partial charge on any atom is 0.312 e. The fourth-order valence-corrected chi connectivity index (χ4v) is 4.53. The van der Waals surface area contributed by atoms with Crippen LogP contribution in [0.3, 0.4) is 0 Å². The van der Waals surface area contributed by atoms with Crippen LogP contribution in [0.25, 0.3) is 0 Å². The van der Waals surface area contributed by atoms with Crippen LogP contribution >= 0.6 is 0 Å². The Labute approximate surface area is 248 Å². The smallest absolute Gasteiger partial charge is 0.312 e. The Balaban J connectivity index is 2.11. The summed E-state index contributed by atoms with van der Waals surface area (Å²) >= 11 is 0. The molecule has 2 aromatic rings. The summed E-state index contributed by atoms with van der Waals surface area (Å²) in [5, 5.41) is 28.1. The average molecular weight is 631 g/mol. The molecular formula is C28H31F5N4O7. The molecule has 3 amide bonds. The number of amides is 3. The summed E-state index contributed by atoms with van der Waals surface area (Å²) in [4.78, 5) is 56.4. The molecule has 0 spiro atoms. The van der Waals surface area contributed by atoms with Crippen LogP contribution in [0.4, 0.5) is 22.0 Å². The molecule has 3 rings (SSSR count). The molecule has 0 saturated carbocycles. The van der Waals surface area contributed by atoms with Gasteiger partial charge in [0.05, 0.1) is 24.1 Å². The van der Waals surface area contributed by atoms with E-state index < -0.39 is 118 Å². The Morgan fingerprint density at radius 3 is 2.18 bits per heavy atom. The molecule has 0 bridgehead atoms. The van der Waals surface area contributed by atoms with Crippen molar-refractivity contribution in [3.05, 3.63) is 58.7 Å². The van der Waals surface area contributed by atoms with Gasteiger partial charge in [0.15, 0.2) is 35.1 Å². The zero-order chi connectivity index (χ0) is 33.0. The van der Waals surface area contributed by atoms with Crippen molar-refractivity contribution in [1.29, 1.82) is 0 Å². The second-order valence-corrected chi connectivity index (χ2v) is 10.5. The number of hydrogen-bond acceptors (Lipinski definition) is 8. The molecule has 0 aliphatic carbocycles. The summed E-state index contributed by atoms with van der Waals surface area (Å²) < 4.78 is 76.2.